The second-order valence-corrected chi connectivity index (χ2v) is 5.51. The van der Waals surface area contributed by atoms with Gasteiger partial charge in [-0.2, -0.15) is 0 Å². The van der Waals surface area contributed by atoms with E-state index in [0.29, 0.717) is 36.5 Å². The Morgan fingerprint density at radius 1 is 1.48 bits per heavy atom. The van der Waals surface area contributed by atoms with E-state index in [9.17, 15) is 9.59 Å². The zero-order valence-corrected chi connectivity index (χ0v) is 12.7. The number of fused-ring (bicyclic) bond motifs is 1. The molecule has 7 nitrogen and oxygen atoms in total. The van der Waals surface area contributed by atoms with E-state index in [2.05, 4.69) is 4.98 Å². The first-order valence-electron chi connectivity index (χ1n) is 7.33. The van der Waals surface area contributed by atoms with Gasteiger partial charge in [0.15, 0.2) is 6.10 Å². The Hall–Kier alpha value is -2.38. The monoisotopic (exact) mass is 318 g/mol. The molecule has 122 valence electrons. The Balaban J connectivity index is 1.84. The fraction of sp³-hybridized carbons (Fsp3) is 0.375. The minimum absolute atomic E-state index is 0.177. The molecule has 2 aromatic rings. The molecule has 0 aliphatic carbocycles. The zero-order chi connectivity index (χ0) is 16.4. The molecule has 1 aromatic heterocycles. The second-order valence-electron chi connectivity index (χ2n) is 5.51. The molecule has 2 heterocycles. The third-order valence-corrected chi connectivity index (χ3v) is 3.95. The molecule has 2 N–H and O–H groups in total. The van der Waals surface area contributed by atoms with Crippen LogP contribution in [0.15, 0.2) is 29.1 Å². The summed E-state index contributed by atoms with van der Waals surface area (Å²) in [5.41, 5.74) is 1.14. The van der Waals surface area contributed by atoms with Crippen LogP contribution in [0.25, 0.3) is 10.9 Å². The van der Waals surface area contributed by atoms with E-state index in [1.54, 1.807) is 13.2 Å². The van der Waals surface area contributed by atoms with Crippen LogP contribution in [0, 0.1) is 0 Å². The molecule has 1 saturated heterocycles. The minimum atomic E-state index is -0.978. The summed E-state index contributed by atoms with van der Waals surface area (Å²) in [7, 11) is 1.57. The lowest BCUT2D eigenvalue weighted by molar-refractivity contribution is -0.156. The molecule has 0 bridgehead atoms. The molecule has 0 radical (unpaired) electrons. The average Bonchev–Trinajstić information content (AvgIpc) is 2.55. The minimum Gasteiger partial charge on any atom is -0.497 e. The smallest absolute Gasteiger partial charge is 0.334 e. The van der Waals surface area contributed by atoms with E-state index in [1.165, 1.54) is 0 Å². The normalized spacial score (nSPS) is 18.9. The van der Waals surface area contributed by atoms with Crippen molar-refractivity contribution in [3.8, 4) is 5.75 Å². The molecule has 7 heteroatoms. The van der Waals surface area contributed by atoms with Crippen molar-refractivity contribution < 1.29 is 19.4 Å². The molecule has 1 aliphatic rings. The van der Waals surface area contributed by atoms with Gasteiger partial charge >= 0.3 is 5.97 Å². The van der Waals surface area contributed by atoms with Crippen LogP contribution < -0.4 is 10.3 Å². The topological polar surface area (TPSA) is 91.9 Å². The third kappa shape index (κ3) is 3.35. The van der Waals surface area contributed by atoms with Gasteiger partial charge in [-0.15, -0.1) is 0 Å². The van der Waals surface area contributed by atoms with Crippen molar-refractivity contribution in [2.45, 2.75) is 12.6 Å². The number of carbonyl (C=O) groups is 1. The number of nitrogens with zero attached hydrogens (tertiary/aromatic N) is 1. The summed E-state index contributed by atoms with van der Waals surface area (Å²) in [6.07, 6.45) is -0.840. The largest absolute Gasteiger partial charge is 0.497 e. The summed E-state index contributed by atoms with van der Waals surface area (Å²) < 4.78 is 10.3. The number of aromatic amines is 1. The Kier molecular flexibility index (Phi) is 4.31. The first-order valence-corrected chi connectivity index (χ1v) is 7.33. The van der Waals surface area contributed by atoms with Crippen molar-refractivity contribution in [2.75, 3.05) is 26.8 Å². The van der Waals surface area contributed by atoms with Gasteiger partial charge in [0, 0.05) is 31.3 Å². The number of hydrogen-bond acceptors (Lipinski definition) is 5. The summed E-state index contributed by atoms with van der Waals surface area (Å²) in [6, 6.07) is 7.32. The molecule has 1 unspecified atom stereocenters. The average molecular weight is 318 g/mol. The number of benzene rings is 1. The first kappa shape index (κ1) is 15.5. The lowest BCUT2D eigenvalue weighted by Gasteiger charge is -2.30. The van der Waals surface area contributed by atoms with Gasteiger partial charge in [-0.05, 0) is 23.6 Å². The highest BCUT2D eigenvalue weighted by Crippen LogP contribution is 2.19. The van der Waals surface area contributed by atoms with Crippen LogP contribution in [-0.2, 0) is 16.1 Å². The Morgan fingerprint density at radius 2 is 2.30 bits per heavy atom. The number of methoxy groups -OCH3 is 1. The molecular formula is C16H18N2O5. The lowest BCUT2D eigenvalue weighted by Crippen LogP contribution is -2.46. The van der Waals surface area contributed by atoms with E-state index in [-0.39, 0.29) is 12.1 Å². The highest BCUT2D eigenvalue weighted by Gasteiger charge is 2.26. The number of aliphatic carboxylic acids is 1. The molecule has 0 saturated carbocycles. The number of rotatable bonds is 4. The number of nitrogens with one attached hydrogen (secondary N) is 1. The zero-order valence-electron chi connectivity index (χ0n) is 12.7. The summed E-state index contributed by atoms with van der Waals surface area (Å²) in [5.74, 6) is -0.299. The first-order chi connectivity index (χ1) is 11.1. The number of aromatic nitrogens is 1. The number of hydrogen-bond donors (Lipinski definition) is 2. The third-order valence-electron chi connectivity index (χ3n) is 3.95. The van der Waals surface area contributed by atoms with E-state index >= 15 is 0 Å². The highest BCUT2D eigenvalue weighted by molar-refractivity contribution is 5.80. The standard InChI is InChI=1S/C16H18N2O5/c1-22-12-3-2-10-6-11(15(19)17-13(10)7-12)8-18-4-5-23-14(9-18)16(20)21/h2-3,6-7,14H,4-5,8-9H2,1H3,(H,17,19)(H,20,21). The number of morpholine rings is 1. The second kappa shape index (κ2) is 6.39. The lowest BCUT2D eigenvalue weighted by atomic mass is 10.1. The van der Waals surface area contributed by atoms with Gasteiger partial charge in [0.1, 0.15) is 5.75 Å². The van der Waals surface area contributed by atoms with E-state index in [4.69, 9.17) is 14.6 Å². The number of H-pyrrole nitrogens is 1. The van der Waals surface area contributed by atoms with Crippen molar-refractivity contribution in [1.82, 2.24) is 9.88 Å². The van der Waals surface area contributed by atoms with Gasteiger partial charge in [0.25, 0.3) is 5.56 Å². The van der Waals surface area contributed by atoms with Crippen molar-refractivity contribution in [3.63, 3.8) is 0 Å². The van der Waals surface area contributed by atoms with Crippen molar-refractivity contribution in [1.29, 1.82) is 0 Å². The van der Waals surface area contributed by atoms with Crippen LogP contribution in [0.5, 0.6) is 5.75 Å². The molecule has 3 rings (SSSR count). The van der Waals surface area contributed by atoms with E-state index in [0.717, 1.165) is 5.39 Å². The predicted molar refractivity (Wildman–Crippen MR) is 83.8 cm³/mol. The predicted octanol–water partition coefficient (Wildman–Crippen LogP) is 0.822. The van der Waals surface area contributed by atoms with E-state index in [1.807, 2.05) is 23.1 Å². The maximum Gasteiger partial charge on any atom is 0.334 e. The van der Waals surface area contributed by atoms with E-state index < -0.39 is 12.1 Å². The SMILES string of the molecule is COc1ccc2cc(CN3CCOC(C(=O)O)C3)c(=O)[nH]c2c1. The van der Waals surface area contributed by atoms with Crippen LogP contribution in [0.4, 0.5) is 0 Å². The molecule has 1 atom stereocenters. The van der Waals surface area contributed by atoms with Gasteiger partial charge in [-0.25, -0.2) is 4.79 Å². The molecule has 1 aliphatic heterocycles. The van der Waals surface area contributed by atoms with Gasteiger partial charge in [0.2, 0.25) is 0 Å². The fourth-order valence-electron chi connectivity index (χ4n) is 2.71. The van der Waals surface area contributed by atoms with Crippen LogP contribution in [0.2, 0.25) is 0 Å². The molecule has 1 fully saturated rings. The number of ether oxygens (including phenoxy) is 2. The van der Waals surface area contributed by atoms with Crippen molar-refractivity contribution in [2.24, 2.45) is 0 Å². The molecule has 0 spiro atoms. The maximum atomic E-state index is 12.3. The molecule has 1 aromatic carbocycles. The Bertz CT molecular complexity index is 786. The van der Waals surface area contributed by atoms with Gasteiger partial charge in [-0.3, -0.25) is 9.69 Å². The Morgan fingerprint density at radius 3 is 3.04 bits per heavy atom. The van der Waals surface area contributed by atoms with Crippen molar-refractivity contribution in [3.05, 3.63) is 40.2 Å². The summed E-state index contributed by atoms with van der Waals surface area (Å²) in [4.78, 5) is 28.0. The molecule has 23 heavy (non-hydrogen) atoms. The van der Waals surface area contributed by atoms with Crippen LogP contribution in [-0.4, -0.2) is 53.9 Å². The number of pyridine rings is 1. The molecule has 0 amide bonds. The summed E-state index contributed by atoms with van der Waals surface area (Å²) >= 11 is 0. The molecular weight excluding hydrogens is 300 g/mol. The summed E-state index contributed by atoms with van der Waals surface area (Å²) in [6.45, 7) is 1.61. The van der Waals surface area contributed by atoms with Crippen LogP contribution in [0.3, 0.4) is 0 Å². The van der Waals surface area contributed by atoms with Gasteiger partial charge in [-0.1, -0.05) is 0 Å². The number of carboxylic acids is 1. The van der Waals surface area contributed by atoms with Crippen LogP contribution in [0.1, 0.15) is 5.56 Å². The quantitative estimate of drug-likeness (QED) is 0.867. The van der Waals surface area contributed by atoms with Crippen molar-refractivity contribution >= 4 is 16.9 Å². The van der Waals surface area contributed by atoms with Gasteiger partial charge in [0.05, 0.1) is 19.2 Å². The maximum absolute atomic E-state index is 12.3. The van der Waals surface area contributed by atoms with Crippen LogP contribution >= 0.6 is 0 Å². The summed E-state index contributed by atoms with van der Waals surface area (Å²) in [5, 5.41) is 9.94. The van der Waals surface area contributed by atoms with Gasteiger partial charge < -0.3 is 19.6 Å². The number of carboxylic acid groups (broad SMARTS) is 1. The Labute approximate surface area is 132 Å². The fourth-order valence-corrected chi connectivity index (χ4v) is 2.71. The highest BCUT2D eigenvalue weighted by atomic mass is 16.5.